The predicted molar refractivity (Wildman–Crippen MR) is 106 cm³/mol. The Morgan fingerprint density at radius 3 is 2.45 bits per heavy atom. The molecule has 0 spiro atoms. The Balaban J connectivity index is 1.30. The highest BCUT2D eigenvalue weighted by atomic mass is 16.3. The first kappa shape index (κ1) is 19.9. The SMILES string of the molecule is O=C(CCN1C(=O)[C@H]2CC=CC[C@@H]2C1=O)NC[C@@H](c1ccco1)[NH+]1CCCCC1. The van der Waals surface area contributed by atoms with E-state index in [4.69, 9.17) is 4.42 Å². The minimum atomic E-state index is -0.235. The van der Waals surface area contributed by atoms with Gasteiger partial charge in [0.25, 0.3) is 0 Å². The van der Waals surface area contributed by atoms with Gasteiger partial charge in [0.05, 0.1) is 37.7 Å². The number of fused-ring (bicyclic) bond motifs is 1. The summed E-state index contributed by atoms with van der Waals surface area (Å²) in [6.07, 6.45) is 10.7. The molecule has 0 radical (unpaired) electrons. The average Bonchev–Trinajstić information content (AvgIpc) is 3.36. The van der Waals surface area contributed by atoms with Crippen LogP contribution in [-0.4, -0.2) is 48.8 Å². The van der Waals surface area contributed by atoms with Gasteiger partial charge in [0.15, 0.2) is 11.8 Å². The fraction of sp³-hybridized carbons (Fsp3) is 0.591. The molecule has 1 aromatic heterocycles. The number of amides is 3. The first-order valence-corrected chi connectivity index (χ1v) is 10.8. The number of nitrogens with one attached hydrogen (secondary N) is 2. The van der Waals surface area contributed by atoms with Gasteiger partial charge in [-0.3, -0.25) is 19.3 Å². The van der Waals surface area contributed by atoms with Gasteiger partial charge < -0.3 is 14.6 Å². The summed E-state index contributed by atoms with van der Waals surface area (Å²) in [6, 6.07) is 3.95. The van der Waals surface area contributed by atoms with Crippen LogP contribution in [0.4, 0.5) is 0 Å². The third-order valence-corrected chi connectivity index (χ3v) is 6.54. The second kappa shape index (κ2) is 8.95. The molecule has 7 nitrogen and oxygen atoms in total. The molecule has 0 bridgehead atoms. The third kappa shape index (κ3) is 4.29. The first-order chi connectivity index (χ1) is 14.1. The number of piperidine rings is 1. The molecule has 3 atom stereocenters. The number of quaternary nitrogens is 1. The number of imide groups is 1. The lowest BCUT2D eigenvalue weighted by atomic mass is 9.85. The number of rotatable bonds is 7. The summed E-state index contributed by atoms with van der Waals surface area (Å²) < 4.78 is 5.63. The van der Waals surface area contributed by atoms with E-state index < -0.39 is 0 Å². The van der Waals surface area contributed by atoms with Crippen molar-refractivity contribution in [3.05, 3.63) is 36.3 Å². The highest BCUT2D eigenvalue weighted by Crippen LogP contribution is 2.34. The minimum absolute atomic E-state index is 0.0956. The molecular weight excluding hydrogens is 370 g/mol. The molecule has 0 saturated carbocycles. The first-order valence-electron chi connectivity index (χ1n) is 10.8. The summed E-state index contributed by atoms with van der Waals surface area (Å²) in [7, 11) is 0. The van der Waals surface area contributed by atoms with Crippen LogP contribution < -0.4 is 10.2 Å². The predicted octanol–water partition coefficient (Wildman–Crippen LogP) is 0.847. The number of carbonyl (C=O) groups excluding carboxylic acids is 3. The molecule has 2 fully saturated rings. The maximum Gasteiger partial charge on any atom is 0.233 e. The van der Waals surface area contributed by atoms with E-state index in [1.54, 1.807) is 6.26 Å². The molecule has 156 valence electrons. The van der Waals surface area contributed by atoms with E-state index in [1.165, 1.54) is 29.1 Å². The van der Waals surface area contributed by atoms with Crippen molar-refractivity contribution in [2.24, 2.45) is 11.8 Å². The molecule has 3 amide bonds. The number of likely N-dealkylation sites (tertiary alicyclic amines) is 2. The van der Waals surface area contributed by atoms with Crippen molar-refractivity contribution >= 4 is 17.7 Å². The van der Waals surface area contributed by atoms with Gasteiger partial charge in [-0.15, -0.1) is 0 Å². The zero-order valence-corrected chi connectivity index (χ0v) is 16.8. The molecule has 3 heterocycles. The van der Waals surface area contributed by atoms with E-state index in [0.29, 0.717) is 19.4 Å². The van der Waals surface area contributed by atoms with Crippen LogP contribution in [0.5, 0.6) is 0 Å². The van der Waals surface area contributed by atoms with Gasteiger partial charge in [-0.05, 0) is 44.2 Å². The number of nitrogens with zero attached hydrogens (tertiary/aromatic N) is 1. The second-order valence-corrected chi connectivity index (χ2v) is 8.32. The van der Waals surface area contributed by atoms with Crippen molar-refractivity contribution in [1.82, 2.24) is 10.2 Å². The Morgan fingerprint density at radius 2 is 1.83 bits per heavy atom. The lowest BCUT2D eigenvalue weighted by molar-refractivity contribution is -0.936. The maximum atomic E-state index is 12.5. The molecule has 0 unspecified atom stereocenters. The van der Waals surface area contributed by atoms with Gasteiger partial charge in [0, 0.05) is 13.0 Å². The summed E-state index contributed by atoms with van der Waals surface area (Å²) in [4.78, 5) is 40.2. The van der Waals surface area contributed by atoms with Crippen molar-refractivity contribution in [2.75, 3.05) is 26.2 Å². The van der Waals surface area contributed by atoms with Gasteiger partial charge >= 0.3 is 0 Å². The van der Waals surface area contributed by atoms with Crippen LogP contribution in [-0.2, 0) is 14.4 Å². The van der Waals surface area contributed by atoms with Gasteiger partial charge in [0.1, 0.15) is 0 Å². The average molecular weight is 400 g/mol. The molecule has 7 heteroatoms. The van der Waals surface area contributed by atoms with Crippen molar-refractivity contribution < 1.29 is 23.7 Å². The summed E-state index contributed by atoms with van der Waals surface area (Å²) in [6.45, 7) is 2.82. The van der Waals surface area contributed by atoms with Crippen molar-refractivity contribution in [3.63, 3.8) is 0 Å². The monoisotopic (exact) mass is 400 g/mol. The van der Waals surface area contributed by atoms with Gasteiger partial charge in [0.2, 0.25) is 17.7 Å². The summed E-state index contributed by atoms with van der Waals surface area (Å²) in [5.41, 5.74) is 0. The van der Waals surface area contributed by atoms with Gasteiger partial charge in [-0.1, -0.05) is 12.2 Å². The number of allylic oxidation sites excluding steroid dienone is 2. The molecule has 1 aromatic rings. The fourth-order valence-corrected chi connectivity index (χ4v) is 4.90. The van der Waals surface area contributed by atoms with Crippen molar-refractivity contribution in [2.45, 2.75) is 44.6 Å². The molecule has 3 aliphatic rings. The number of carbonyl (C=O) groups is 3. The van der Waals surface area contributed by atoms with E-state index in [0.717, 1.165) is 18.8 Å². The highest BCUT2D eigenvalue weighted by Gasteiger charge is 2.46. The molecule has 29 heavy (non-hydrogen) atoms. The lowest BCUT2D eigenvalue weighted by Gasteiger charge is -2.30. The molecule has 2 saturated heterocycles. The number of hydrogen-bond donors (Lipinski definition) is 2. The summed E-state index contributed by atoms with van der Waals surface area (Å²) >= 11 is 0. The lowest BCUT2D eigenvalue weighted by Crippen LogP contribution is -3.13. The minimum Gasteiger partial charge on any atom is -0.463 e. The smallest absolute Gasteiger partial charge is 0.233 e. The topological polar surface area (TPSA) is 84.1 Å². The molecule has 1 aliphatic carbocycles. The largest absolute Gasteiger partial charge is 0.463 e. The molecule has 0 aromatic carbocycles. The van der Waals surface area contributed by atoms with Gasteiger partial charge in [-0.25, -0.2) is 0 Å². The van der Waals surface area contributed by atoms with Crippen LogP contribution in [0.1, 0.15) is 50.3 Å². The number of hydrogen-bond acceptors (Lipinski definition) is 4. The second-order valence-electron chi connectivity index (χ2n) is 8.32. The van der Waals surface area contributed by atoms with E-state index in [-0.39, 0.29) is 48.6 Å². The Hall–Kier alpha value is -2.41. The van der Waals surface area contributed by atoms with E-state index >= 15 is 0 Å². The molecular formula is C22H30N3O4+. The van der Waals surface area contributed by atoms with Crippen LogP contribution in [0.3, 0.4) is 0 Å². The summed E-state index contributed by atoms with van der Waals surface area (Å²) in [5.74, 6) is 0.0465. The standard InChI is InChI=1S/C22H29N3O4/c26-20(10-13-25-21(27)16-7-2-3-8-17(16)22(25)28)23-15-18(19-9-6-14-29-19)24-11-4-1-5-12-24/h2-3,6,9,14,16-18H,1,4-5,7-8,10-13,15H2,(H,23,26)/p+1/t16-,17-,18-/m0/s1. The van der Waals surface area contributed by atoms with E-state index in [1.807, 2.05) is 24.3 Å². The third-order valence-electron chi connectivity index (χ3n) is 6.54. The van der Waals surface area contributed by atoms with Gasteiger partial charge in [-0.2, -0.15) is 0 Å². The molecule has 2 N–H and O–H groups in total. The Kier molecular flexibility index (Phi) is 6.13. The molecule has 2 aliphatic heterocycles. The normalized spacial score (nSPS) is 25.9. The zero-order valence-electron chi connectivity index (χ0n) is 16.8. The van der Waals surface area contributed by atoms with E-state index in [2.05, 4.69) is 5.32 Å². The van der Waals surface area contributed by atoms with Crippen LogP contribution in [0, 0.1) is 11.8 Å². The van der Waals surface area contributed by atoms with Crippen molar-refractivity contribution in [3.8, 4) is 0 Å². The Labute approximate surface area is 171 Å². The van der Waals surface area contributed by atoms with Crippen molar-refractivity contribution in [1.29, 1.82) is 0 Å². The van der Waals surface area contributed by atoms with Crippen LogP contribution in [0.15, 0.2) is 35.0 Å². The maximum absolute atomic E-state index is 12.5. The van der Waals surface area contributed by atoms with Crippen LogP contribution >= 0.6 is 0 Å². The van der Waals surface area contributed by atoms with Crippen LogP contribution in [0.2, 0.25) is 0 Å². The number of furan rings is 1. The zero-order chi connectivity index (χ0) is 20.2. The van der Waals surface area contributed by atoms with E-state index in [9.17, 15) is 14.4 Å². The fourth-order valence-electron chi connectivity index (χ4n) is 4.90. The molecule has 4 rings (SSSR count). The summed E-state index contributed by atoms with van der Waals surface area (Å²) in [5, 5.41) is 3.00. The highest BCUT2D eigenvalue weighted by molar-refractivity contribution is 6.05. The Morgan fingerprint density at radius 1 is 1.14 bits per heavy atom. The quantitative estimate of drug-likeness (QED) is 0.525. The Bertz CT molecular complexity index is 741. The van der Waals surface area contributed by atoms with Crippen LogP contribution in [0.25, 0.3) is 0 Å².